The first-order chi connectivity index (χ1) is 11.5. The fraction of sp³-hybridized carbons (Fsp3) is 0.167. The number of anilines is 2. The Morgan fingerprint density at radius 2 is 1.62 bits per heavy atom. The molecule has 2 N–H and O–H groups in total. The molecule has 0 aromatic heterocycles. The number of rotatable bonds is 5. The molecule has 124 valence electrons. The summed E-state index contributed by atoms with van der Waals surface area (Å²) in [5, 5.41) is 5.47. The van der Waals surface area contributed by atoms with Crippen LogP contribution in [0.4, 0.5) is 11.4 Å². The van der Waals surface area contributed by atoms with Gasteiger partial charge < -0.3 is 15.4 Å². The number of carbonyl (C=O) groups is 3. The zero-order valence-corrected chi connectivity index (χ0v) is 13.5. The van der Waals surface area contributed by atoms with Gasteiger partial charge in [0.1, 0.15) is 5.75 Å². The normalized spacial score (nSPS) is 9.92. The van der Waals surface area contributed by atoms with Gasteiger partial charge in [0, 0.05) is 18.9 Å². The van der Waals surface area contributed by atoms with Gasteiger partial charge >= 0.3 is 5.97 Å². The van der Waals surface area contributed by atoms with Crippen molar-refractivity contribution in [2.75, 3.05) is 10.6 Å². The molecule has 0 saturated heterocycles. The predicted octanol–water partition coefficient (Wildman–Crippen LogP) is 3.21. The summed E-state index contributed by atoms with van der Waals surface area (Å²) in [5.74, 6) is -0.682. The Labute approximate surface area is 139 Å². The van der Waals surface area contributed by atoms with E-state index in [9.17, 15) is 14.4 Å². The van der Waals surface area contributed by atoms with Gasteiger partial charge in [0.2, 0.25) is 5.91 Å². The standard InChI is InChI=1S/C18H18N2O4/c1-3-17(22)19-15-9-4-5-10-16(15)20-18(23)13-7-6-8-14(11-13)24-12(2)21/h4-11H,3H2,1-2H3,(H,19,22)(H,20,23). The molecule has 2 rings (SSSR count). The van der Waals surface area contributed by atoms with E-state index in [1.807, 2.05) is 0 Å². The molecule has 2 aromatic carbocycles. The monoisotopic (exact) mass is 326 g/mol. The van der Waals surface area contributed by atoms with Crippen LogP contribution >= 0.6 is 0 Å². The molecular weight excluding hydrogens is 308 g/mol. The van der Waals surface area contributed by atoms with Crippen LogP contribution in [0.25, 0.3) is 0 Å². The molecule has 0 fully saturated rings. The summed E-state index contributed by atoms with van der Waals surface area (Å²) >= 11 is 0. The fourth-order valence-corrected chi connectivity index (χ4v) is 2.00. The highest BCUT2D eigenvalue weighted by Crippen LogP contribution is 2.22. The van der Waals surface area contributed by atoms with Crippen LogP contribution in [0.1, 0.15) is 30.6 Å². The first-order valence-corrected chi connectivity index (χ1v) is 7.48. The van der Waals surface area contributed by atoms with Crippen LogP contribution in [0.2, 0.25) is 0 Å². The van der Waals surface area contributed by atoms with Crippen molar-refractivity contribution in [3.63, 3.8) is 0 Å². The van der Waals surface area contributed by atoms with Crippen LogP contribution < -0.4 is 15.4 Å². The largest absolute Gasteiger partial charge is 0.427 e. The summed E-state index contributed by atoms with van der Waals surface area (Å²) in [6.45, 7) is 3.04. The lowest BCUT2D eigenvalue weighted by atomic mass is 10.2. The number of ether oxygens (including phenoxy) is 1. The zero-order valence-electron chi connectivity index (χ0n) is 13.5. The second kappa shape index (κ2) is 7.92. The van der Waals surface area contributed by atoms with Crippen LogP contribution in [0.5, 0.6) is 5.75 Å². The average Bonchev–Trinajstić information content (AvgIpc) is 2.56. The van der Waals surface area contributed by atoms with E-state index in [0.29, 0.717) is 29.1 Å². The SMILES string of the molecule is CCC(=O)Nc1ccccc1NC(=O)c1cccc(OC(C)=O)c1. The Bertz CT molecular complexity index is 771. The van der Waals surface area contributed by atoms with Crippen molar-refractivity contribution in [2.24, 2.45) is 0 Å². The lowest BCUT2D eigenvalue weighted by Crippen LogP contribution is -2.16. The van der Waals surface area contributed by atoms with Crippen LogP contribution in [0.3, 0.4) is 0 Å². The van der Waals surface area contributed by atoms with Crippen LogP contribution in [0, 0.1) is 0 Å². The van der Waals surface area contributed by atoms with Crippen molar-refractivity contribution >= 4 is 29.2 Å². The van der Waals surface area contributed by atoms with Crippen molar-refractivity contribution in [2.45, 2.75) is 20.3 Å². The quantitative estimate of drug-likeness (QED) is 0.653. The Hall–Kier alpha value is -3.15. The highest BCUT2D eigenvalue weighted by Gasteiger charge is 2.11. The first-order valence-electron chi connectivity index (χ1n) is 7.48. The third kappa shape index (κ3) is 4.67. The van der Waals surface area contributed by atoms with E-state index in [1.165, 1.54) is 13.0 Å². The van der Waals surface area contributed by atoms with Gasteiger partial charge in [-0.2, -0.15) is 0 Å². The number of hydrogen-bond donors (Lipinski definition) is 2. The van der Waals surface area contributed by atoms with Crippen molar-refractivity contribution in [3.05, 3.63) is 54.1 Å². The molecule has 0 bridgehead atoms. The summed E-state index contributed by atoms with van der Waals surface area (Å²) in [5.41, 5.74) is 1.35. The molecule has 0 saturated carbocycles. The average molecular weight is 326 g/mol. The number of esters is 1. The lowest BCUT2D eigenvalue weighted by molar-refractivity contribution is -0.131. The molecule has 2 aromatic rings. The van der Waals surface area contributed by atoms with Crippen LogP contribution in [-0.2, 0) is 9.59 Å². The number of carbonyl (C=O) groups excluding carboxylic acids is 3. The number of nitrogens with one attached hydrogen (secondary N) is 2. The summed E-state index contributed by atoms with van der Waals surface area (Å²) in [4.78, 5) is 35.0. The van der Waals surface area contributed by atoms with Gasteiger partial charge in [-0.05, 0) is 30.3 Å². The molecule has 0 unspecified atom stereocenters. The lowest BCUT2D eigenvalue weighted by Gasteiger charge is -2.12. The van der Waals surface area contributed by atoms with Gasteiger partial charge in [0.05, 0.1) is 11.4 Å². The third-order valence-corrected chi connectivity index (χ3v) is 3.13. The van der Waals surface area contributed by atoms with Gasteiger partial charge in [0.25, 0.3) is 5.91 Å². The van der Waals surface area contributed by atoms with Crippen LogP contribution in [0.15, 0.2) is 48.5 Å². The van der Waals surface area contributed by atoms with E-state index >= 15 is 0 Å². The maximum absolute atomic E-state index is 12.4. The summed E-state index contributed by atoms with van der Waals surface area (Å²) in [6.07, 6.45) is 0.340. The third-order valence-electron chi connectivity index (χ3n) is 3.13. The molecule has 0 radical (unpaired) electrons. The Morgan fingerprint density at radius 3 is 2.25 bits per heavy atom. The number of amides is 2. The molecular formula is C18H18N2O4. The summed E-state index contributed by atoms with van der Waals surface area (Å²) in [6, 6.07) is 13.2. The highest BCUT2D eigenvalue weighted by atomic mass is 16.5. The molecule has 0 aliphatic heterocycles. The Morgan fingerprint density at radius 1 is 0.958 bits per heavy atom. The molecule has 0 atom stereocenters. The Kier molecular flexibility index (Phi) is 5.68. The summed E-state index contributed by atoms with van der Waals surface area (Å²) < 4.78 is 4.97. The van der Waals surface area contributed by atoms with Gasteiger partial charge in [-0.3, -0.25) is 14.4 Å². The summed E-state index contributed by atoms with van der Waals surface area (Å²) in [7, 11) is 0. The molecule has 0 spiro atoms. The number of hydrogen-bond acceptors (Lipinski definition) is 4. The zero-order chi connectivity index (χ0) is 17.5. The maximum atomic E-state index is 12.4. The molecule has 2 amide bonds. The van der Waals surface area contributed by atoms with Gasteiger partial charge in [-0.15, -0.1) is 0 Å². The van der Waals surface area contributed by atoms with Gasteiger partial charge in [0.15, 0.2) is 0 Å². The molecule has 6 heteroatoms. The van der Waals surface area contributed by atoms with Gasteiger partial charge in [-0.1, -0.05) is 25.1 Å². The van der Waals surface area contributed by atoms with Crippen molar-refractivity contribution in [1.29, 1.82) is 0 Å². The molecule has 0 aliphatic carbocycles. The van der Waals surface area contributed by atoms with E-state index in [0.717, 1.165) is 0 Å². The van der Waals surface area contributed by atoms with Crippen molar-refractivity contribution in [1.82, 2.24) is 0 Å². The minimum absolute atomic E-state index is 0.145. The first kappa shape index (κ1) is 17.2. The molecule has 24 heavy (non-hydrogen) atoms. The van der Waals surface area contributed by atoms with E-state index in [4.69, 9.17) is 4.74 Å². The van der Waals surface area contributed by atoms with E-state index in [-0.39, 0.29) is 11.8 Å². The van der Waals surface area contributed by atoms with Crippen LogP contribution in [-0.4, -0.2) is 17.8 Å². The van der Waals surface area contributed by atoms with Gasteiger partial charge in [-0.25, -0.2) is 0 Å². The number of para-hydroxylation sites is 2. The minimum Gasteiger partial charge on any atom is -0.427 e. The van der Waals surface area contributed by atoms with E-state index in [2.05, 4.69) is 10.6 Å². The van der Waals surface area contributed by atoms with Crippen molar-refractivity contribution < 1.29 is 19.1 Å². The molecule has 0 aliphatic rings. The molecule has 6 nitrogen and oxygen atoms in total. The number of benzene rings is 2. The Balaban J connectivity index is 2.18. The fourth-order valence-electron chi connectivity index (χ4n) is 2.00. The minimum atomic E-state index is -0.458. The van der Waals surface area contributed by atoms with Crippen molar-refractivity contribution in [3.8, 4) is 5.75 Å². The van der Waals surface area contributed by atoms with E-state index < -0.39 is 5.97 Å². The smallest absolute Gasteiger partial charge is 0.308 e. The highest BCUT2D eigenvalue weighted by molar-refractivity contribution is 6.07. The topological polar surface area (TPSA) is 84.5 Å². The second-order valence-electron chi connectivity index (χ2n) is 5.02. The molecule has 0 heterocycles. The van der Waals surface area contributed by atoms with E-state index in [1.54, 1.807) is 49.4 Å². The second-order valence-corrected chi connectivity index (χ2v) is 5.02. The predicted molar refractivity (Wildman–Crippen MR) is 91.1 cm³/mol. The maximum Gasteiger partial charge on any atom is 0.308 e.